The summed E-state index contributed by atoms with van der Waals surface area (Å²) in [6.45, 7) is 4.22. The van der Waals surface area contributed by atoms with Gasteiger partial charge >= 0.3 is 0 Å². The zero-order valence-electron chi connectivity index (χ0n) is 8.47. The Hall–Kier alpha value is 0.310. The fourth-order valence-electron chi connectivity index (χ4n) is 1.19. The van der Waals surface area contributed by atoms with Crippen LogP contribution in [0.1, 0.15) is 52.4 Å². The molecule has 1 unspecified atom stereocenters. The summed E-state index contributed by atoms with van der Waals surface area (Å²) in [7, 11) is 0. The van der Waals surface area contributed by atoms with Gasteiger partial charge in [0.25, 0.3) is 0 Å². The predicted octanol–water partition coefficient (Wildman–Crippen LogP) is 3.12. The van der Waals surface area contributed by atoms with Gasteiger partial charge in [0.05, 0.1) is 0 Å². The number of rotatable bonds is 8. The van der Waals surface area contributed by atoms with Gasteiger partial charge in [-0.1, -0.05) is 43.8 Å². The summed E-state index contributed by atoms with van der Waals surface area (Å²) in [6.07, 6.45) is 7.78. The summed E-state index contributed by atoms with van der Waals surface area (Å²) in [5, 5.41) is 0. The molecule has 0 heterocycles. The standard InChI is InChI=1S/C10H22OS/c1-3-5-6-7-8-9-10-12(11)4-2/h3-10H2,1-2H3. The molecule has 0 aliphatic carbocycles. The Kier molecular flexibility index (Phi) is 9.64. The first-order valence-corrected chi connectivity index (χ1v) is 6.65. The predicted molar refractivity (Wildman–Crippen MR) is 56.9 cm³/mol. The highest BCUT2D eigenvalue weighted by atomic mass is 32.2. The van der Waals surface area contributed by atoms with Crippen molar-refractivity contribution in [2.75, 3.05) is 11.5 Å². The Balaban J connectivity index is 2.90. The number of hydrogen-bond donors (Lipinski definition) is 0. The Bertz CT molecular complexity index is 85.9. The van der Waals surface area contributed by atoms with Gasteiger partial charge in [-0.15, -0.1) is 0 Å². The summed E-state index contributed by atoms with van der Waals surface area (Å²) < 4.78 is 11.0. The molecule has 0 aromatic heterocycles. The van der Waals surface area contributed by atoms with Gasteiger partial charge in [-0.3, -0.25) is 0 Å². The Morgan fingerprint density at radius 2 is 1.50 bits per heavy atom. The second kappa shape index (κ2) is 9.40. The SMILES string of the molecule is CCCCCCCC[S+]([O-])CC. The number of unbranched alkanes of at least 4 members (excludes halogenated alkanes) is 5. The van der Waals surface area contributed by atoms with E-state index in [-0.39, 0.29) is 0 Å². The molecule has 0 spiro atoms. The molecule has 0 amide bonds. The van der Waals surface area contributed by atoms with Crippen molar-refractivity contribution in [1.29, 1.82) is 0 Å². The summed E-state index contributed by atoms with van der Waals surface area (Å²) in [4.78, 5) is 0. The Morgan fingerprint density at radius 1 is 0.917 bits per heavy atom. The third-order valence-corrected chi connectivity index (χ3v) is 3.44. The maximum absolute atomic E-state index is 11.0. The van der Waals surface area contributed by atoms with Crippen LogP contribution in [-0.4, -0.2) is 16.1 Å². The van der Waals surface area contributed by atoms with Crippen LogP contribution >= 0.6 is 0 Å². The van der Waals surface area contributed by atoms with Gasteiger partial charge in [0.1, 0.15) is 11.5 Å². The lowest BCUT2D eigenvalue weighted by Gasteiger charge is -2.07. The van der Waals surface area contributed by atoms with E-state index in [9.17, 15) is 4.55 Å². The minimum absolute atomic E-state index is 0.534. The monoisotopic (exact) mass is 190 g/mol. The van der Waals surface area contributed by atoms with E-state index < -0.39 is 11.2 Å². The van der Waals surface area contributed by atoms with Gasteiger partial charge in [-0.25, -0.2) is 0 Å². The van der Waals surface area contributed by atoms with Crippen LogP contribution in [0.25, 0.3) is 0 Å². The summed E-state index contributed by atoms with van der Waals surface area (Å²) >= 11 is -0.534. The molecule has 0 aliphatic rings. The molecule has 0 saturated heterocycles. The fourth-order valence-corrected chi connectivity index (χ4v) is 2.00. The molecule has 0 aromatic rings. The van der Waals surface area contributed by atoms with Crippen LogP contribution in [0.4, 0.5) is 0 Å². The first-order valence-electron chi connectivity index (χ1n) is 5.16. The van der Waals surface area contributed by atoms with Crippen LogP contribution in [0.15, 0.2) is 0 Å². The molecule has 0 aliphatic heterocycles. The molecule has 0 fully saturated rings. The highest BCUT2D eigenvalue weighted by Gasteiger charge is 2.00. The zero-order valence-corrected chi connectivity index (χ0v) is 9.29. The van der Waals surface area contributed by atoms with Crippen LogP contribution in [0.5, 0.6) is 0 Å². The lowest BCUT2D eigenvalue weighted by Crippen LogP contribution is -2.08. The zero-order chi connectivity index (χ0) is 9.23. The first kappa shape index (κ1) is 12.3. The molecule has 0 saturated carbocycles. The molecule has 12 heavy (non-hydrogen) atoms. The van der Waals surface area contributed by atoms with Crippen molar-refractivity contribution in [3.63, 3.8) is 0 Å². The van der Waals surface area contributed by atoms with E-state index in [1.54, 1.807) is 0 Å². The minimum atomic E-state index is -0.534. The molecule has 74 valence electrons. The molecular formula is C10H22OS. The van der Waals surface area contributed by atoms with Gasteiger partial charge in [-0.05, 0) is 19.8 Å². The van der Waals surface area contributed by atoms with Crippen LogP contribution in [-0.2, 0) is 11.2 Å². The van der Waals surface area contributed by atoms with Gasteiger partial charge in [-0.2, -0.15) is 0 Å². The molecule has 1 atom stereocenters. The fraction of sp³-hybridized carbons (Fsp3) is 1.00. The third kappa shape index (κ3) is 8.41. The smallest absolute Gasteiger partial charge is 0.105 e. The van der Waals surface area contributed by atoms with E-state index in [0.29, 0.717) is 0 Å². The van der Waals surface area contributed by atoms with E-state index in [2.05, 4.69) is 6.92 Å². The van der Waals surface area contributed by atoms with Gasteiger partial charge in [0.15, 0.2) is 0 Å². The van der Waals surface area contributed by atoms with Crippen LogP contribution in [0.3, 0.4) is 0 Å². The Labute approximate surface area is 80.1 Å². The maximum atomic E-state index is 11.0. The largest absolute Gasteiger partial charge is 0.616 e. The van der Waals surface area contributed by atoms with Crippen LogP contribution < -0.4 is 0 Å². The summed E-state index contributed by atoms with van der Waals surface area (Å²) in [5.41, 5.74) is 0. The normalized spacial score (nSPS) is 13.2. The van der Waals surface area contributed by atoms with Crippen molar-refractivity contribution in [1.82, 2.24) is 0 Å². The van der Waals surface area contributed by atoms with E-state index in [1.165, 1.54) is 32.1 Å². The summed E-state index contributed by atoms with van der Waals surface area (Å²) in [5.74, 6) is 1.75. The first-order chi connectivity index (χ1) is 5.81. The molecule has 0 bridgehead atoms. The van der Waals surface area contributed by atoms with Crippen LogP contribution in [0.2, 0.25) is 0 Å². The molecule has 0 N–H and O–H groups in total. The lowest BCUT2D eigenvalue weighted by atomic mass is 10.1. The van der Waals surface area contributed by atoms with Crippen LogP contribution in [0, 0.1) is 0 Å². The topological polar surface area (TPSA) is 23.1 Å². The van der Waals surface area contributed by atoms with Gasteiger partial charge in [0, 0.05) is 0 Å². The van der Waals surface area contributed by atoms with E-state index in [4.69, 9.17) is 0 Å². The lowest BCUT2D eigenvalue weighted by molar-refractivity contribution is 0.584. The second-order valence-corrected chi connectivity index (χ2v) is 5.07. The molecular weight excluding hydrogens is 168 g/mol. The van der Waals surface area contributed by atoms with E-state index in [0.717, 1.165) is 17.9 Å². The highest BCUT2D eigenvalue weighted by molar-refractivity contribution is 7.91. The molecule has 2 heteroatoms. The quantitative estimate of drug-likeness (QED) is 0.426. The van der Waals surface area contributed by atoms with Gasteiger partial charge in [0.2, 0.25) is 0 Å². The van der Waals surface area contributed by atoms with Crippen molar-refractivity contribution in [3.05, 3.63) is 0 Å². The highest BCUT2D eigenvalue weighted by Crippen LogP contribution is 2.06. The van der Waals surface area contributed by atoms with E-state index >= 15 is 0 Å². The molecule has 0 aromatic carbocycles. The van der Waals surface area contributed by atoms with Crippen molar-refractivity contribution in [3.8, 4) is 0 Å². The van der Waals surface area contributed by atoms with Crippen molar-refractivity contribution in [2.45, 2.75) is 52.4 Å². The third-order valence-electron chi connectivity index (χ3n) is 2.05. The maximum Gasteiger partial charge on any atom is 0.105 e. The Morgan fingerprint density at radius 3 is 2.08 bits per heavy atom. The minimum Gasteiger partial charge on any atom is -0.616 e. The summed E-state index contributed by atoms with van der Waals surface area (Å²) in [6, 6.07) is 0. The van der Waals surface area contributed by atoms with Gasteiger partial charge < -0.3 is 4.55 Å². The van der Waals surface area contributed by atoms with Crippen molar-refractivity contribution < 1.29 is 4.55 Å². The van der Waals surface area contributed by atoms with Crippen molar-refractivity contribution >= 4 is 11.2 Å². The average molecular weight is 190 g/mol. The van der Waals surface area contributed by atoms with E-state index in [1.807, 2.05) is 6.92 Å². The van der Waals surface area contributed by atoms with Crippen molar-refractivity contribution in [2.24, 2.45) is 0 Å². The molecule has 0 rings (SSSR count). The number of hydrogen-bond acceptors (Lipinski definition) is 1. The second-order valence-electron chi connectivity index (χ2n) is 3.20. The molecule has 0 radical (unpaired) electrons. The average Bonchev–Trinajstić information content (AvgIpc) is 2.10. The molecule has 1 nitrogen and oxygen atoms in total.